The average molecular weight is 295 g/mol. The number of aryl methyl sites for hydroxylation is 1. The average Bonchev–Trinajstić information content (AvgIpc) is 3.00. The zero-order valence-electron chi connectivity index (χ0n) is 12.4. The molecular weight excluding hydrogens is 278 g/mol. The molecule has 1 heterocycles. The molecule has 0 saturated carbocycles. The smallest absolute Gasteiger partial charge is 0.231 e. The molecule has 1 unspecified atom stereocenters. The fourth-order valence-electron chi connectivity index (χ4n) is 2.53. The molecule has 1 atom stereocenters. The number of hydrogen-bond acceptors (Lipinski definition) is 4. The van der Waals surface area contributed by atoms with Crippen molar-refractivity contribution in [3.8, 4) is 23.3 Å². The molecule has 3 rings (SSSR count). The van der Waals surface area contributed by atoms with Gasteiger partial charge in [0.1, 0.15) is 5.75 Å². The van der Waals surface area contributed by atoms with Gasteiger partial charge in [-0.2, -0.15) is 5.26 Å². The molecule has 112 valence electrons. The SMILES string of the molecule is Cc1ccccc1C(C#N)CCOc1ccc2c(c1)OCO2. The van der Waals surface area contributed by atoms with Gasteiger partial charge in [0, 0.05) is 12.5 Å². The monoisotopic (exact) mass is 295 g/mol. The van der Waals surface area contributed by atoms with Crippen molar-refractivity contribution < 1.29 is 14.2 Å². The number of ether oxygens (including phenoxy) is 3. The summed E-state index contributed by atoms with van der Waals surface area (Å²) in [5, 5.41) is 9.39. The van der Waals surface area contributed by atoms with Gasteiger partial charge in [0.2, 0.25) is 6.79 Å². The molecule has 0 N–H and O–H groups in total. The van der Waals surface area contributed by atoms with Crippen LogP contribution in [0.4, 0.5) is 0 Å². The fourth-order valence-corrected chi connectivity index (χ4v) is 2.53. The highest BCUT2D eigenvalue weighted by molar-refractivity contribution is 5.46. The molecule has 0 bridgehead atoms. The summed E-state index contributed by atoms with van der Waals surface area (Å²) in [7, 11) is 0. The van der Waals surface area contributed by atoms with Crippen LogP contribution in [0.25, 0.3) is 0 Å². The van der Waals surface area contributed by atoms with E-state index < -0.39 is 0 Å². The van der Waals surface area contributed by atoms with Crippen molar-refractivity contribution >= 4 is 0 Å². The molecule has 22 heavy (non-hydrogen) atoms. The lowest BCUT2D eigenvalue weighted by molar-refractivity contribution is 0.173. The third-order valence-electron chi connectivity index (χ3n) is 3.74. The number of rotatable bonds is 5. The second kappa shape index (κ2) is 6.40. The predicted octanol–water partition coefficient (Wildman–Crippen LogP) is 3.80. The molecule has 2 aromatic carbocycles. The Bertz CT molecular complexity index is 706. The Morgan fingerprint density at radius 1 is 1.18 bits per heavy atom. The first kappa shape index (κ1) is 14.3. The molecule has 2 aromatic rings. The molecule has 0 saturated heterocycles. The van der Waals surface area contributed by atoms with Gasteiger partial charge in [-0.1, -0.05) is 24.3 Å². The maximum Gasteiger partial charge on any atom is 0.231 e. The lowest BCUT2D eigenvalue weighted by atomic mass is 9.94. The van der Waals surface area contributed by atoms with E-state index in [4.69, 9.17) is 14.2 Å². The minimum Gasteiger partial charge on any atom is -0.493 e. The van der Waals surface area contributed by atoms with Crippen LogP contribution >= 0.6 is 0 Å². The molecule has 4 nitrogen and oxygen atoms in total. The van der Waals surface area contributed by atoms with Crippen molar-refractivity contribution in [2.24, 2.45) is 0 Å². The summed E-state index contributed by atoms with van der Waals surface area (Å²) >= 11 is 0. The Morgan fingerprint density at radius 2 is 2.00 bits per heavy atom. The van der Waals surface area contributed by atoms with Gasteiger partial charge in [0.05, 0.1) is 18.6 Å². The van der Waals surface area contributed by atoms with Gasteiger partial charge >= 0.3 is 0 Å². The van der Waals surface area contributed by atoms with Crippen molar-refractivity contribution in [2.45, 2.75) is 19.3 Å². The summed E-state index contributed by atoms with van der Waals surface area (Å²) in [5.41, 5.74) is 2.21. The van der Waals surface area contributed by atoms with Gasteiger partial charge in [-0.05, 0) is 30.2 Å². The number of benzene rings is 2. The molecule has 0 amide bonds. The second-order valence-corrected chi connectivity index (χ2v) is 5.19. The molecule has 0 spiro atoms. The van der Waals surface area contributed by atoms with E-state index in [9.17, 15) is 5.26 Å². The second-order valence-electron chi connectivity index (χ2n) is 5.19. The van der Waals surface area contributed by atoms with Crippen molar-refractivity contribution in [1.29, 1.82) is 5.26 Å². The molecular formula is C18H17NO3. The standard InChI is InChI=1S/C18H17NO3/c1-13-4-2-3-5-16(13)14(11-19)8-9-20-15-6-7-17-18(10-15)22-12-21-17/h2-7,10,14H,8-9,12H2,1H3. The van der Waals surface area contributed by atoms with Crippen molar-refractivity contribution in [3.05, 3.63) is 53.6 Å². The normalized spacial score (nSPS) is 13.5. The Labute approximate surface area is 129 Å². The van der Waals surface area contributed by atoms with E-state index in [1.807, 2.05) is 49.4 Å². The summed E-state index contributed by atoms with van der Waals surface area (Å²) in [6, 6.07) is 15.8. The number of nitriles is 1. The van der Waals surface area contributed by atoms with Gasteiger partial charge in [0.15, 0.2) is 11.5 Å². The summed E-state index contributed by atoms with van der Waals surface area (Å²) in [4.78, 5) is 0. The Kier molecular flexibility index (Phi) is 4.15. The summed E-state index contributed by atoms with van der Waals surface area (Å²) in [5.74, 6) is 2.01. The Balaban J connectivity index is 1.60. The molecule has 0 fully saturated rings. The van der Waals surface area contributed by atoms with Crippen molar-refractivity contribution in [1.82, 2.24) is 0 Å². The first-order chi connectivity index (χ1) is 10.8. The Morgan fingerprint density at radius 3 is 2.82 bits per heavy atom. The van der Waals surface area contributed by atoms with E-state index in [-0.39, 0.29) is 12.7 Å². The van der Waals surface area contributed by atoms with Crippen LogP contribution in [0, 0.1) is 18.3 Å². The highest BCUT2D eigenvalue weighted by atomic mass is 16.7. The highest BCUT2D eigenvalue weighted by Gasteiger charge is 2.15. The van der Waals surface area contributed by atoms with Crippen molar-refractivity contribution in [3.63, 3.8) is 0 Å². The van der Waals surface area contributed by atoms with E-state index in [1.165, 1.54) is 0 Å². The molecule has 4 heteroatoms. The van der Waals surface area contributed by atoms with E-state index in [0.29, 0.717) is 18.8 Å². The molecule has 1 aliphatic rings. The van der Waals surface area contributed by atoms with E-state index >= 15 is 0 Å². The molecule has 0 aliphatic carbocycles. The van der Waals surface area contributed by atoms with Crippen LogP contribution in [-0.4, -0.2) is 13.4 Å². The molecule has 0 aromatic heterocycles. The lowest BCUT2D eigenvalue weighted by Crippen LogP contribution is -2.05. The lowest BCUT2D eigenvalue weighted by Gasteiger charge is -2.13. The van der Waals surface area contributed by atoms with Crippen LogP contribution in [0.15, 0.2) is 42.5 Å². The topological polar surface area (TPSA) is 51.5 Å². The van der Waals surface area contributed by atoms with Crippen LogP contribution in [0.1, 0.15) is 23.5 Å². The number of nitrogens with zero attached hydrogens (tertiary/aromatic N) is 1. The summed E-state index contributed by atoms with van der Waals surface area (Å²) in [6.45, 7) is 2.76. The maximum atomic E-state index is 9.39. The number of hydrogen-bond donors (Lipinski definition) is 0. The largest absolute Gasteiger partial charge is 0.493 e. The van der Waals surface area contributed by atoms with Gasteiger partial charge in [-0.15, -0.1) is 0 Å². The minimum absolute atomic E-state index is 0.157. The Hall–Kier alpha value is -2.67. The van der Waals surface area contributed by atoms with E-state index in [0.717, 1.165) is 22.6 Å². The van der Waals surface area contributed by atoms with Gasteiger partial charge < -0.3 is 14.2 Å². The highest BCUT2D eigenvalue weighted by Crippen LogP contribution is 2.35. The number of fused-ring (bicyclic) bond motifs is 1. The minimum atomic E-state index is -0.157. The van der Waals surface area contributed by atoms with Crippen LogP contribution in [0.5, 0.6) is 17.2 Å². The molecule has 0 radical (unpaired) electrons. The third-order valence-corrected chi connectivity index (χ3v) is 3.74. The van der Waals surface area contributed by atoms with Crippen LogP contribution in [0.3, 0.4) is 0 Å². The summed E-state index contributed by atoms with van der Waals surface area (Å²) < 4.78 is 16.3. The fraction of sp³-hybridized carbons (Fsp3) is 0.278. The predicted molar refractivity (Wildman–Crippen MR) is 82.2 cm³/mol. The van der Waals surface area contributed by atoms with E-state index in [2.05, 4.69) is 6.07 Å². The van der Waals surface area contributed by atoms with Crippen LogP contribution < -0.4 is 14.2 Å². The quantitative estimate of drug-likeness (QED) is 0.842. The van der Waals surface area contributed by atoms with Gasteiger partial charge in [0.25, 0.3) is 0 Å². The first-order valence-corrected chi connectivity index (χ1v) is 7.25. The van der Waals surface area contributed by atoms with Gasteiger partial charge in [-0.3, -0.25) is 0 Å². The first-order valence-electron chi connectivity index (χ1n) is 7.25. The molecule has 1 aliphatic heterocycles. The zero-order valence-corrected chi connectivity index (χ0v) is 12.4. The zero-order chi connectivity index (χ0) is 15.4. The summed E-state index contributed by atoms with van der Waals surface area (Å²) in [6.07, 6.45) is 0.649. The van der Waals surface area contributed by atoms with Crippen molar-refractivity contribution in [2.75, 3.05) is 13.4 Å². The van der Waals surface area contributed by atoms with Crippen LogP contribution in [-0.2, 0) is 0 Å². The maximum absolute atomic E-state index is 9.39. The third kappa shape index (κ3) is 2.99. The van der Waals surface area contributed by atoms with E-state index in [1.54, 1.807) is 0 Å². The van der Waals surface area contributed by atoms with Crippen LogP contribution in [0.2, 0.25) is 0 Å². The van der Waals surface area contributed by atoms with Gasteiger partial charge in [-0.25, -0.2) is 0 Å².